The van der Waals surface area contributed by atoms with Crippen LogP contribution in [0.1, 0.15) is 6.42 Å². The largest absolute Gasteiger partial charge is 0.303 e. The van der Waals surface area contributed by atoms with E-state index in [-0.39, 0.29) is 0 Å². The lowest BCUT2D eigenvalue weighted by molar-refractivity contribution is -0.136. The van der Waals surface area contributed by atoms with E-state index in [9.17, 15) is 14.4 Å². The molecule has 1 saturated heterocycles. The number of thioether (sulfide) groups is 1. The predicted octanol–water partition coefficient (Wildman–Crippen LogP) is 0.0341. The van der Waals surface area contributed by atoms with Crippen molar-refractivity contribution in [3.63, 3.8) is 0 Å². The molecular formula is C6H6O3S. The lowest BCUT2D eigenvalue weighted by Gasteiger charge is -2.11. The van der Waals surface area contributed by atoms with Crippen LogP contribution in [0, 0.1) is 5.92 Å². The van der Waals surface area contributed by atoms with E-state index in [1.165, 1.54) is 0 Å². The maximum Gasteiger partial charge on any atom is 0.255 e. The van der Waals surface area contributed by atoms with Crippen LogP contribution in [-0.4, -0.2) is 22.9 Å². The first-order chi connectivity index (χ1) is 4.75. The van der Waals surface area contributed by atoms with Gasteiger partial charge in [-0.2, -0.15) is 0 Å². The summed E-state index contributed by atoms with van der Waals surface area (Å²) in [5.74, 6) is -0.603. The Hall–Kier alpha value is -0.640. The highest BCUT2D eigenvalue weighted by Gasteiger charge is 2.29. The number of carbonyl (C=O) groups is 3. The first kappa shape index (κ1) is 7.47. The van der Waals surface area contributed by atoms with Gasteiger partial charge < -0.3 is 4.79 Å². The Bertz CT molecular complexity index is 187. The number of rotatable bonds is 1. The molecule has 1 atom stereocenters. The molecule has 0 aliphatic carbocycles. The van der Waals surface area contributed by atoms with E-state index >= 15 is 0 Å². The van der Waals surface area contributed by atoms with Gasteiger partial charge in [-0.1, -0.05) is 11.8 Å². The van der Waals surface area contributed by atoms with Crippen molar-refractivity contribution in [3.05, 3.63) is 0 Å². The normalized spacial score (nSPS) is 26.6. The Morgan fingerprint density at radius 2 is 2.20 bits per heavy atom. The van der Waals surface area contributed by atoms with Crippen LogP contribution in [0.4, 0.5) is 0 Å². The fourth-order valence-corrected chi connectivity index (χ4v) is 1.61. The summed E-state index contributed by atoms with van der Waals surface area (Å²) in [5, 5.41) is -0.469. The van der Waals surface area contributed by atoms with Gasteiger partial charge in [0.25, 0.3) is 5.12 Å². The van der Waals surface area contributed by atoms with Gasteiger partial charge in [0.2, 0.25) is 5.78 Å². The van der Waals surface area contributed by atoms with Gasteiger partial charge in [0.15, 0.2) is 0 Å². The highest BCUT2D eigenvalue weighted by Crippen LogP contribution is 2.19. The minimum Gasteiger partial charge on any atom is -0.303 e. The minimum atomic E-state index is -0.659. The first-order valence-electron chi connectivity index (χ1n) is 2.92. The molecule has 1 fully saturated rings. The van der Waals surface area contributed by atoms with E-state index in [4.69, 9.17) is 0 Å². The maximum absolute atomic E-state index is 10.8. The summed E-state index contributed by atoms with van der Waals surface area (Å²) in [5.41, 5.74) is 0. The molecule has 1 aliphatic rings. The summed E-state index contributed by atoms with van der Waals surface area (Å²) in [4.78, 5) is 31.5. The first-order valence-corrected chi connectivity index (χ1v) is 3.90. The third-order valence-corrected chi connectivity index (χ3v) is 2.27. The van der Waals surface area contributed by atoms with Gasteiger partial charge in [-0.05, 0) is 6.42 Å². The fourth-order valence-electron chi connectivity index (χ4n) is 0.762. The number of Topliss-reactive ketones (excluding diaryl/α,β-unsaturated/α-hetero) is 1. The summed E-state index contributed by atoms with van der Waals surface area (Å²) in [6.45, 7) is 0. The number of ketones is 1. The van der Waals surface area contributed by atoms with Gasteiger partial charge in [0.1, 0.15) is 6.29 Å². The van der Waals surface area contributed by atoms with Crippen LogP contribution in [0.3, 0.4) is 0 Å². The Labute approximate surface area is 62.2 Å². The van der Waals surface area contributed by atoms with E-state index in [2.05, 4.69) is 0 Å². The quantitative estimate of drug-likeness (QED) is 0.307. The van der Waals surface area contributed by atoms with E-state index in [0.717, 1.165) is 11.8 Å². The number of carbonyl (C=O) groups excluding carboxylic acids is 3. The summed E-state index contributed by atoms with van der Waals surface area (Å²) in [6, 6.07) is 0. The Morgan fingerprint density at radius 3 is 2.70 bits per heavy atom. The molecule has 0 spiro atoms. The molecular weight excluding hydrogens is 152 g/mol. The molecule has 1 unspecified atom stereocenters. The standard InChI is InChI=1S/C6H6O3S/c7-3-4-1-2-10-6(9)5(4)8/h3-4H,1-2H2. The highest BCUT2D eigenvalue weighted by atomic mass is 32.2. The molecule has 0 aromatic heterocycles. The molecule has 0 amide bonds. The van der Waals surface area contributed by atoms with Crippen LogP contribution in [0.15, 0.2) is 0 Å². The van der Waals surface area contributed by atoms with Crippen molar-refractivity contribution in [1.29, 1.82) is 0 Å². The summed E-state index contributed by atoms with van der Waals surface area (Å²) >= 11 is 0.998. The van der Waals surface area contributed by atoms with Gasteiger partial charge in [-0.3, -0.25) is 9.59 Å². The van der Waals surface area contributed by atoms with Gasteiger partial charge in [0, 0.05) is 5.75 Å². The van der Waals surface area contributed by atoms with Gasteiger partial charge in [-0.25, -0.2) is 0 Å². The maximum atomic E-state index is 10.8. The monoisotopic (exact) mass is 158 g/mol. The van der Waals surface area contributed by atoms with Crippen molar-refractivity contribution in [1.82, 2.24) is 0 Å². The van der Waals surface area contributed by atoms with Crippen LogP contribution in [0.25, 0.3) is 0 Å². The van der Waals surface area contributed by atoms with Crippen molar-refractivity contribution in [2.75, 3.05) is 5.75 Å². The molecule has 54 valence electrons. The average Bonchev–Trinajstić information content (AvgIpc) is 1.95. The second kappa shape index (κ2) is 2.96. The molecule has 0 aromatic carbocycles. The molecule has 0 aromatic rings. The van der Waals surface area contributed by atoms with Crippen molar-refractivity contribution in [2.24, 2.45) is 5.92 Å². The second-order valence-corrected chi connectivity index (χ2v) is 3.10. The predicted molar refractivity (Wildman–Crippen MR) is 36.6 cm³/mol. The Morgan fingerprint density at radius 1 is 1.50 bits per heavy atom. The molecule has 1 aliphatic heterocycles. The van der Waals surface area contributed by atoms with E-state index in [0.29, 0.717) is 18.5 Å². The summed E-state index contributed by atoms with van der Waals surface area (Å²) < 4.78 is 0. The van der Waals surface area contributed by atoms with E-state index in [1.54, 1.807) is 0 Å². The topological polar surface area (TPSA) is 51.2 Å². The van der Waals surface area contributed by atoms with Gasteiger partial charge in [0.05, 0.1) is 5.92 Å². The van der Waals surface area contributed by atoms with Crippen LogP contribution in [0.5, 0.6) is 0 Å². The summed E-state index contributed by atoms with van der Waals surface area (Å²) in [7, 11) is 0. The zero-order valence-corrected chi connectivity index (χ0v) is 6.02. The number of hydrogen-bond donors (Lipinski definition) is 0. The van der Waals surface area contributed by atoms with Crippen molar-refractivity contribution >= 4 is 28.9 Å². The van der Waals surface area contributed by atoms with E-state index < -0.39 is 16.8 Å². The van der Waals surface area contributed by atoms with E-state index in [1.807, 2.05) is 0 Å². The van der Waals surface area contributed by atoms with Crippen LogP contribution >= 0.6 is 11.8 Å². The summed E-state index contributed by atoms with van der Waals surface area (Å²) in [6.07, 6.45) is 1.07. The lowest BCUT2D eigenvalue weighted by Crippen LogP contribution is -2.27. The zero-order chi connectivity index (χ0) is 7.56. The SMILES string of the molecule is O=CC1CCSC(=O)C1=O. The molecule has 0 radical (unpaired) electrons. The van der Waals surface area contributed by atoms with Crippen LogP contribution in [0.2, 0.25) is 0 Å². The highest BCUT2D eigenvalue weighted by molar-refractivity contribution is 8.15. The van der Waals surface area contributed by atoms with Crippen molar-refractivity contribution < 1.29 is 14.4 Å². The third kappa shape index (κ3) is 1.26. The molecule has 0 bridgehead atoms. The van der Waals surface area contributed by atoms with Crippen molar-refractivity contribution in [2.45, 2.75) is 6.42 Å². The molecule has 0 saturated carbocycles. The molecule has 3 nitrogen and oxygen atoms in total. The van der Waals surface area contributed by atoms with Crippen molar-refractivity contribution in [3.8, 4) is 0 Å². The fraction of sp³-hybridized carbons (Fsp3) is 0.500. The molecule has 10 heavy (non-hydrogen) atoms. The Balaban J connectivity index is 2.68. The molecule has 0 N–H and O–H groups in total. The molecule has 4 heteroatoms. The second-order valence-electron chi connectivity index (χ2n) is 2.03. The lowest BCUT2D eigenvalue weighted by atomic mass is 10.0. The van der Waals surface area contributed by atoms with Crippen LogP contribution < -0.4 is 0 Å². The van der Waals surface area contributed by atoms with Crippen LogP contribution in [-0.2, 0) is 14.4 Å². The number of hydrogen-bond acceptors (Lipinski definition) is 4. The third-order valence-electron chi connectivity index (χ3n) is 1.36. The van der Waals surface area contributed by atoms with Gasteiger partial charge >= 0.3 is 0 Å². The molecule has 1 rings (SSSR count). The Kier molecular flexibility index (Phi) is 2.21. The minimum absolute atomic E-state index is 0.469. The average molecular weight is 158 g/mol. The smallest absolute Gasteiger partial charge is 0.255 e. The van der Waals surface area contributed by atoms with Gasteiger partial charge in [-0.15, -0.1) is 0 Å². The number of aldehydes is 1. The zero-order valence-electron chi connectivity index (χ0n) is 5.20. The molecule has 1 heterocycles.